The highest BCUT2D eigenvalue weighted by Crippen LogP contribution is 2.30. The van der Waals surface area contributed by atoms with E-state index in [2.05, 4.69) is 52.5 Å². The van der Waals surface area contributed by atoms with Crippen molar-refractivity contribution in [1.82, 2.24) is 0 Å². The lowest BCUT2D eigenvalue weighted by atomic mass is 10.3. The van der Waals surface area contributed by atoms with E-state index in [0.717, 1.165) is 16.6 Å². The number of rotatable bonds is 3. The van der Waals surface area contributed by atoms with Gasteiger partial charge in [0.05, 0.1) is 5.69 Å². The third-order valence-corrected chi connectivity index (χ3v) is 5.88. The molecule has 0 fully saturated rings. The van der Waals surface area contributed by atoms with Gasteiger partial charge in [-0.3, -0.25) is 4.72 Å². The van der Waals surface area contributed by atoms with Crippen molar-refractivity contribution in [2.24, 2.45) is 0 Å². The van der Waals surface area contributed by atoms with E-state index in [1.54, 1.807) is 18.2 Å². The zero-order valence-corrected chi connectivity index (χ0v) is 15.3. The molecule has 8 heteroatoms. The molecule has 0 aliphatic carbocycles. The Bertz CT molecular complexity index is 765. The lowest BCUT2D eigenvalue weighted by Gasteiger charge is -2.11. The minimum Gasteiger partial charge on any atom is -0.278 e. The molecule has 3 nitrogen and oxygen atoms in total. The van der Waals surface area contributed by atoms with E-state index in [4.69, 9.17) is 0 Å². The molecule has 0 bridgehead atoms. The van der Waals surface area contributed by atoms with Crippen LogP contribution in [0.1, 0.15) is 0 Å². The first-order valence-electron chi connectivity index (χ1n) is 5.22. The molecule has 0 radical (unpaired) electrons. The molecule has 0 heterocycles. The number of anilines is 1. The van der Waals surface area contributed by atoms with E-state index in [0.29, 0.717) is 10.2 Å². The molecule has 0 spiro atoms. The van der Waals surface area contributed by atoms with Gasteiger partial charge in [-0.2, -0.15) is 0 Å². The summed E-state index contributed by atoms with van der Waals surface area (Å²) in [7, 11) is -3.81. The zero-order valence-electron chi connectivity index (χ0n) is 9.70. The molecule has 106 valence electrons. The summed E-state index contributed by atoms with van der Waals surface area (Å²) in [5.74, 6) is -0.514. The van der Waals surface area contributed by atoms with Gasteiger partial charge in [0.25, 0.3) is 10.0 Å². The predicted octanol–water partition coefficient (Wildman–Crippen LogP) is 4.91. The summed E-state index contributed by atoms with van der Waals surface area (Å²) < 4.78 is 41.6. The molecule has 0 aliphatic rings. The minimum absolute atomic E-state index is 0.0363. The quantitative estimate of drug-likeness (QED) is 0.668. The molecule has 20 heavy (non-hydrogen) atoms. The highest BCUT2D eigenvalue weighted by Gasteiger charge is 2.19. The van der Waals surface area contributed by atoms with Crippen LogP contribution < -0.4 is 4.72 Å². The third kappa shape index (κ3) is 3.60. The molecule has 0 saturated carbocycles. The van der Waals surface area contributed by atoms with Gasteiger partial charge in [-0.05, 0) is 68.3 Å². The summed E-state index contributed by atoms with van der Waals surface area (Å²) >= 11 is 9.58. The smallest absolute Gasteiger partial charge is 0.263 e. The molecule has 2 aromatic rings. The van der Waals surface area contributed by atoms with Crippen molar-refractivity contribution >= 4 is 63.5 Å². The maximum absolute atomic E-state index is 13.0. The Balaban J connectivity index is 2.43. The average Bonchev–Trinajstić information content (AvgIpc) is 2.33. The third-order valence-electron chi connectivity index (χ3n) is 2.36. The highest BCUT2D eigenvalue weighted by atomic mass is 79.9. The van der Waals surface area contributed by atoms with Gasteiger partial charge in [0, 0.05) is 13.4 Å². The fourth-order valence-electron chi connectivity index (χ4n) is 1.47. The van der Waals surface area contributed by atoms with Crippen LogP contribution in [0.2, 0.25) is 0 Å². The average molecular weight is 488 g/mol. The van der Waals surface area contributed by atoms with Gasteiger partial charge in [-0.15, -0.1) is 0 Å². The van der Waals surface area contributed by atoms with Gasteiger partial charge in [0.2, 0.25) is 0 Å². The second kappa shape index (κ2) is 6.13. The lowest BCUT2D eigenvalue weighted by Crippen LogP contribution is -2.14. The maximum Gasteiger partial charge on any atom is 0.263 e. The Morgan fingerprint density at radius 2 is 1.65 bits per heavy atom. The molecular formula is C12H7Br3FNO2S. The van der Waals surface area contributed by atoms with Crippen LogP contribution in [0.15, 0.2) is 54.7 Å². The number of nitrogens with one attached hydrogen (secondary N) is 1. The van der Waals surface area contributed by atoms with Crippen molar-refractivity contribution in [3.05, 3.63) is 55.6 Å². The molecule has 0 unspecified atom stereocenters. The van der Waals surface area contributed by atoms with Crippen LogP contribution in [-0.2, 0) is 10.0 Å². The van der Waals surface area contributed by atoms with Crippen LogP contribution in [0.3, 0.4) is 0 Å². The zero-order chi connectivity index (χ0) is 14.9. The molecule has 0 atom stereocenters. The fourth-order valence-corrected chi connectivity index (χ4v) is 4.43. The Morgan fingerprint density at radius 1 is 0.950 bits per heavy atom. The Kier molecular flexibility index (Phi) is 4.88. The standard InChI is InChI=1S/C12H7Br3FNO2S/c13-7-1-3-9(14)11(5-7)17-20(18,19)12-4-2-8(16)6-10(12)15/h1-6,17H. The van der Waals surface area contributed by atoms with Gasteiger partial charge < -0.3 is 0 Å². The summed E-state index contributed by atoms with van der Waals surface area (Å²) in [5, 5.41) is 0. The first-order valence-corrected chi connectivity index (χ1v) is 9.09. The number of hydrogen-bond acceptors (Lipinski definition) is 2. The summed E-state index contributed by atoms with van der Waals surface area (Å²) in [6.07, 6.45) is 0. The number of sulfonamides is 1. The normalized spacial score (nSPS) is 11.4. The van der Waals surface area contributed by atoms with E-state index < -0.39 is 15.8 Å². The molecular weight excluding hydrogens is 481 g/mol. The highest BCUT2D eigenvalue weighted by molar-refractivity contribution is 9.11. The summed E-state index contributed by atoms with van der Waals surface area (Å²) in [4.78, 5) is -0.0363. The first-order chi connectivity index (χ1) is 9.29. The maximum atomic E-state index is 13.0. The fraction of sp³-hybridized carbons (Fsp3) is 0. The Hall–Kier alpha value is -0.440. The van der Waals surface area contributed by atoms with Crippen LogP contribution >= 0.6 is 47.8 Å². The van der Waals surface area contributed by atoms with Crippen molar-refractivity contribution in [3.63, 3.8) is 0 Å². The monoisotopic (exact) mass is 485 g/mol. The Morgan fingerprint density at radius 3 is 2.30 bits per heavy atom. The Labute approximate surface area is 141 Å². The summed E-state index contributed by atoms with van der Waals surface area (Å²) in [6, 6.07) is 8.50. The van der Waals surface area contributed by atoms with E-state index in [1.807, 2.05) is 0 Å². The van der Waals surface area contributed by atoms with Crippen molar-refractivity contribution in [2.75, 3.05) is 4.72 Å². The van der Waals surface area contributed by atoms with E-state index >= 15 is 0 Å². The van der Waals surface area contributed by atoms with Gasteiger partial charge >= 0.3 is 0 Å². The van der Waals surface area contributed by atoms with Crippen LogP contribution in [0.25, 0.3) is 0 Å². The second-order valence-electron chi connectivity index (χ2n) is 3.80. The number of hydrogen-bond donors (Lipinski definition) is 1. The van der Waals surface area contributed by atoms with Crippen LogP contribution in [0.4, 0.5) is 10.1 Å². The molecule has 1 N–H and O–H groups in total. The largest absolute Gasteiger partial charge is 0.278 e. The topological polar surface area (TPSA) is 46.2 Å². The molecule has 0 aliphatic heterocycles. The SMILES string of the molecule is O=S(=O)(Nc1cc(Br)ccc1Br)c1ccc(F)cc1Br. The number of benzene rings is 2. The second-order valence-corrected chi connectivity index (χ2v) is 8.08. The number of halogens is 4. The molecule has 0 amide bonds. The van der Waals surface area contributed by atoms with E-state index in [9.17, 15) is 12.8 Å². The van der Waals surface area contributed by atoms with Crippen LogP contribution in [0.5, 0.6) is 0 Å². The lowest BCUT2D eigenvalue weighted by molar-refractivity contribution is 0.599. The van der Waals surface area contributed by atoms with Crippen molar-refractivity contribution in [1.29, 1.82) is 0 Å². The first kappa shape index (κ1) is 15.9. The summed E-state index contributed by atoms with van der Waals surface area (Å²) in [5.41, 5.74) is 0.385. The molecule has 2 rings (SSSR count). The molecule has 2 aromatic carbocycles. The van der Waals surface area contributed by atoms with Gasteiger partial charge in [-0.25, -0.2) is 12.8 Å². The van der Waals surface area contributed by atoms with E-state index in [1.165, 1.54) is 6.07 Å². The van der Waals surface area contributed by atoms with Crippen LogP contribution in [0, 0.1) is 5.82 Å². The summed E-state index contributed by atoms with van der Waals surface area (Å²) in [6.45, 7) is 0. The predicted molar refractivity (Wildman–Crippen MR) is 86.8 cm³/mol. The molecule has 0 aromatic heterocycles. The van der Waals surface area contributed by atoms with Gasteiger partial charge in [-0.1, -0.05) is 15.9 Å². The van der Waals surface area contributed by atoms with Gasteiger partial charge in [0.1, 0.15) is 10.7 Å². The van der Waals surface area contributed by atoms with E-state index in [-0.39, 0.29) is 9.37 Å². The van der Waals surface area contributed by atoms with Crippen LogP contribution in [-0.4, -0.2) is 8.42 Å². The molecule has 0 saturated heterocycles. The minimum atomic E-state index is -3.81. The van der Waals surface area contributed by atoms with Gasteiger partial charge in [0.15, 0.2) is 0 Å². The van der Waals surface area contributed by atoms with Crippen molar-refractivity contribution in [3.8, 4) is 0 Å². The van der Waals surface area contributed by atoms with Crippen molar-refractivity contribution < 1.29 is 12.8 Å². The van der Waals surface area contributed by atoms with Crippen molar-refractivity contribution in [2.45, 2.75) is 4.90 Å².